The van der Waals surface area contributed by atoms with Crippen molar-refractivity contribution < 1.29 is 4.79 Å². The minimum absolute atomic E-state index is 0.154. The van der Waals surface area contributed by atoms with Crippen LogP contribution in [0.2, 0.25) is 0 Å². The minimum Gasteiger partial charge on any atom is -0.324 e. The normalized spacial score (nSPS) is 14.1. The Kier molecular flexibility index (Phi) is 2.73. The van der Waals surface area contributed by atoms with Crippen LogP contribution in [0.4, 0.5) is 0 Å². The van der Waals surface area contributed by atoms with Crippen LogP contribution in [0.5, 0.6) is 0 Å². The van der Waals surface area contributed by atoms with Crippen LogP contribution >= 0.6 is 0 Å². The Labute approximate surface area is 121 Å². The molecule has 0 spiro atoms. The first-order valence-electron chi connectivity index (χ1n) is 7.11. The van der Waals surface area contributed by atoms with Gasteiger partial charge < -0.3 is 4.57 Å². The third-order valence-corrected chi connectivity index (χ3v) is 3.88. The van der Waals surface area contributed by atoms with Crippen LogP contribution in [-0.2, 0) is 13.0 Å². The van der Waals surface area contributed by atoms with E-state index in [9.17, 15) is 4.79 Å². The van der Waals surface area contributed by atoms with Crippen LogP contribution in [0.1, 0.15) is 29.2 Å². The van der Waals surface area contributed by atoms with Gasteiger partial charge in [0, 0.05) is 13.0 Å². The Morgan fingerprint density at radius 2 is 2.10 bits per heavy atom. The second-order valence-electron chi connectivity index (χ2n) is 5.21. The summed E-state index contributed by atoms with van der Waals surface area (Å²) in [5, 5.41) is 0. The zero-order valence-electron chi connectivity index (χ0n) is 11.5. The lowest BCUT2D eigenvalue weighted by Gasteiger charge is -2.16. The molecule has 2 aromatic heterocycles. The molecule has 1 amide bonds. The van der Waals surface area contributed by atoms with Gasteiger partial charge in [-0.1, -0.05) is 12.1 Å². The van der Waals surface area contributed by atoms with Crippen LogP contribution in [0.3, 0.4) is 0 Å². The van der Waals surface area contributed by atoms with Crippen molar-refractivity contribution in [2.45, 2.75) is 25.8 Å². The number of amides is 1. The molecule has 106 valence electrons. The number of nitrogens with one attached hydrogen (secondary N) is 1. The van der Waals surface area contributed by atoms with Gasteiger partial charge >= 0.3 is 0 Å². The topological polar surface area (TPSA) is 64.7 Å². The number of fused-ring (bicyclic) bond motifs is 2. The van der Waals surface area contributed by atoms with Gasteiger partial charge in [-0.25, -0.2) is 14.6 Å². The van der Waals surface area contributed by atoms with E-state index in [1.165, 1.54) is 0 Å². The fourth-order valence-electron chi connectivity index (χ4n) is 2.81. The number of carbonyl (C=O) groups excluding carboxylic acids is 1. The average Bonchev–Trinajstić information content (AvgIpc) is 3.12. The van der Waals surface area contributed by atoms with Gasteiger partial charge in [0.1, 0.15) is 17.8 Å². The lowest BCUT2D eigenvalue weighted by molar-refractivity contribution is 0.0998. The first-order valence-corrected chi connectivity index (χ1v) is 7.11. The number of aryl methyl sites for hydroxylation is 1. The van der Waals surface area contributed by atoms with Crippen molar-refractivity contribution in [1.82, 2.24) is 19.2 Å². The van der Waals surface area contributed by atoms with Crippen molar-refractivity contribution in [1.29, 1.82) is 0 Å². The molecule has 21 heavy (non-hydrogen) atoms. The molecule has 3 heterocycles. The molecule has 0 saturated carbocycles. The average molecular weight is 281 g/mol. The summed E-state index contributed by atoms with van der Waals surface area (Å²) in [5.74, 6) is 0.848. The van der Waals surface area contributed by atoms with Crippen LogP contribution < -0.4 is 5.43 Å². The fraction of sp³-hybridized carbons (Fsp3) is 0.267. The summed E-state index contributed by atoms with van der Waals surface area (Å²) in [4.78, 5) is 21.1. The van der Waals surface area contributed by atoms with Crippen LogP contribution in [-0.4, -0.2) is 25.1 Å². The molecule has 0 bridgehead atoms. The van der Waals surface area contributed by atoms with Crippen molar-refractivity contribution in [3.63, 3.8) is 0 Å². The van der Waals surface area contributed by atoms with Gasteiger partial charge in [0.25, 0.3) is 5.91 Å². The number of nitrogens with zero attached hydrogens (tertiary/aromatic N) is 4. The highest BCUT2D eigenvalue weighted by molar-refractivity contribution is 5.99. The van der Waals surface area contributed by atoms with Gasteiger partial charge in [0.15, 0.2) is 0 Å². The van der Waals surface area contributed by atoms with Crippen molar-refractivity contribution in [3.8, 4) is 0 Å². The number of benzene rings is 1. The third kappa shape index (κ3) is 1.99. The van der Waals surface area contributed by atoms with E-state index in [4.69, 9.17) is 0 Å². The van der Waals surface area contributed by atoms with Crippen LogP contribution in [0, 0.1) is 0 Å². The van der Waals surface area contributed by atoms with Gasteiger partial charge in [-0.15, -0.1) is 0 Å². The number of aromatic nitrogens is 4. The van der Waals surface area contributed by atoms with E-state index in [1.54, 1.807) is 17.2 Å². The fourth-order valence-corrected chi connectivity index (χ4v) is 2.81. The quantitative estimate of drug-likeness (QED) is 0.781. The molecule has 6 nitrogen and oxygen atoms in total. The largest absolute Gasteiger partial charge is 0.324 e. The second-order valence-corrected chi connectivity index (χ2v) is 5.21. The number of imidazole rings is 2. The number of rotatable bonds is 2. The van der Waals surface area contributed by atoms with E-state index in [-0.39, 0.29) is 5.91 Å². The Morgan fingerprint density at radius 3 is 3.05 bits per heavy atom. The summed E-state index contributed by atoms with van der Waals surface area (Å²) in [6.07, 6.45) is 6.47. The second kappa shape index (κ2) is 4.73. The molecular weight excluding hydrogens is 266 g/mol. The third-order valence-electron chi connectivity index (χ3n) is 3.88. The van der Waals surface area contributed by atoms with Gasteiger partial charge in [0.05, 0.1) is 17.2 Å². The molecule has 0 fully saturated rings. The molecule has 0 saturated heterocycles. The molecular formula is C15H15N5O. The Bertz CT molecular complexity index is 816. The summed E-state index contributed by atoms with van der Waals surface area (Å²) in [5.41, 5.74) is 5.22. The zero-order chi connectivity index (χ0) is 14.2. The monoisotopic (exact) mass is 281 g/mol. The van der Waals surface area contributed by atoms with E-state index in [2.05, 4.69) is 15.4 Å². The highest BCUT2D eigenvalue weighted by atomic mass is 16.2. The molecule has 4 rings (SSSR count). The maximum Gasteiger partial charge on any atom is 0.288 e. The summed E-state index contributed by atoms with van der Waals surface area (Å²) < 4.78 is 3.67. The lowest BCUT2D eigenvalue weighted by atomic mass is 10.1. The summed E-state index contributed by atoms with van der Waals surface area (Å²) in [6, 6.07) is 7.69. The van der Waals surface area contributed by atoms with Gasteiger partial charge in [-0.05, 0) is 25.0 Å². The summed E-state index contributed by atoms with van der Waals surface area (Å²) in [6.45, 7) is 0.864. The highest BCUT2D eigenvalue weighted by Gasteiger charge is 2.19. The van der Waals surface area contributed by atoms with Gasteiger partial charge in [0.2, 0.25) is 0 Å². The van der Waals surface area contributed by atoms with Crippen LogP contribution in [0.25, 0.3) is 11.0 Å². The molecule has 1 aliphatic rings. The smallest absolute Gasteiger partial charge is 0.288 e. The molecule has 0 unspecified atom stereocenters. The molecule has 6 heteroatoms. The van der Waals surface area contributed by atoms with E-state index in [1.807, 2.05) is 28.8 Å². The summed E-state index contributed by atoms with van der Waals surface area (Å²) >= 11 is 0. The number of carbonyl (C=O) groups is 1. The van der Waals surface area contributed by atoms with E-state index >= 15 is 0 Å². The molecule has 3 aromatic rings. The molecule has 0 aliphatic carbocycles. The predicted octanol–water partition coefficient (Wildman–Crippen LogP) is 1.95. The van der Waals surface area contributed by atoms with Crippen molar-refractivity contribution >= 4 is 16.9 Å². The maximum atomic E-state index is 12.5. The zero-order valence-corrected chi connectivity index (χ0v) is 11.5. The van der Waals surface area contributed by atoms with Gasteiger partial charge in [-0.2, -0.15) is 0 Å². The van der Waals surface area contributed by atoms with Crippen LogP contribution in [0.15, 0.2) is 36.8 Å². The summed E-state index contributed by atoms with van der Waals surface area (Å²) in [7, 11) is 0. The van der Waals surface area contributed by atoms with E-state index in [0.29, 0.717) is 5.69 Å². The Balaban J connectivity index is 1.65. The Hall–Kier alpha value is -2.63. The number of hydrogen-bond acceptors (Lipinski definition) is 3. The Morgan fingerprint density at radius 1 is 1.19 bits per heavy atom. The van der Waals surface area contributed by atoms with Crippen molar-refractivity contribution in [2.75, 3.05) is 5.43 Å². The number of para-hydroxylation sites is 2. The van der Waals surface area contributed by atoms with Gasteiger partial charge in [-0.3, -0.25) is 10.2 Å². The minimum atomic E-state index is -0.154. The standard InChI is InChI=1S/C15H15N5O/c21-15(13-9-16-14-7-3-4-8-19(13)14)18-20-10-17-11-5-1-2-6-12(11)20/h1-2,5-6,9-10H,3-4,7-8H2,(H,18,21). The molecule has 1 aliphatic heterocycles. The van der Waals surface area contributed by atoms with Crippen molar-refractivity contribution in [3.05, 3.63) is 48.3 Å². The molecule has 1 aromatic carbocycles. The van der Waals surface area contributed by atoms with Crippen molar-refractivity contribution in [2.24, 2.45) is 0 Å². The number of hydrogen-bond donors (Lipinski definition) is 1. The first kappa shape index (κ1) is 12.1. The maximum absolute atomic E-state index is 12.5. The molecule has 0 atom stereocenters. The lowest BCUT2D eigenvalue weighted by Crippen LogP contribution is -2.26. The molecule has 1 N–H and O–H groups in total. The van der Waals surface area contributed by atoms with E-state index in [0.717, 1.165) is 42.7 Å². The predicted molar refractivity (Wildman–Crippen MR) is 78.6 cm³/mol. The van der Waals surface area contributed by atoms with E-state index < -0.39 is 0 Å². The molecule has 0 radical (unpaired) electrons. The SMILES string of the molecule is O=C(Nn1cnc2ccccc21)c1cnc2n1CCCC2. The highest BCUT2D eigenvalue weighted by Crippen LogP contribution is 2.16. The first-order chi connectivity index (χ1) is 10.3.